The van der Waals surface area contributed by atoms with Crippen LogP contribution in [0.25, 0.3) is 10.2 Å². The topological polar surface area (TPSA) is 20.2 Å². The highest BCUT2D eigenvalue weighted by Crippen LogP contribution is 2.25. The number of halogens is 1. The molecule has 0 radical (unpaired) electrons. The van der Waals surface area contributed by atoms with Gasteiger partial charge in [0.2, 0.25) is 0 Å². The molecule has 0 fully saturated rings. The van der Waals surface area contributed by atoms with Gasteiger partial charge in [0.15, 0.2) is 0 Å². The summed E-state index contributed by atoms with van der Waals surface area (Å²) in [6.07, 6.45) is 0. The Labute approximate surface area is 80.2 Å². The Morgan fingerprint density at radius 2 is 1.67 bits per heavy atom. The van der Waals surface area contributed by atoms with Crippen molar-refractivity contribution in [3.8, 4) is 0 Å². The number of hydrogen-bond donors (Lipinski definition) is 1. The van der Waals surface area contributed by atoms with Crippen LogP contribution in [-0.2, 0) is 0 Å². The summed E-state index contributed by atoms with van der Waals surface area (Å²) in [5.74, 6) is 0.0613. The van der Waals surface area contributed by atoms with Crippen LogP contribution in [0.15, 0.2) is 37.4 Å². The van der Waals surface area contributed by atoms with Crippen molar-refractivity contribution in [3.63, 3.8) is 0 Å². The van der Waals surface area contributed by atoms with Gasteiger partial charge in [-0.05, 0) is 5.56 Å². The van der Waals surface area contributed by atoms with Crippen LogP contribution < -0.4 is 0 Å². The van der Waals surface area contributed by atoms with E-state index < -0.39 is 0 Å². The quantitative estimate of drug-likeness (QED) is 0.762. The monoisotopic (exact) mass is 224 g/mol. The molecule has 1 rings (SSSR count). The van der Waals surface area contributed by atoms with Gasteiger partial charge in [-0.25, -0.2) is 0 Å². The summed E-state index contributed by atoms with van der Waals surface area (Å²) < 4.78 is 0.744. The van der Waals surface area contributed by atoms with Gasteiger partial charge in [0, 0.05) is 10.0 Å². The van der Waals surface area contributed by atoms with E-state index in [2.05, 4.69) is 29.1 Å². The second kappa shape index (κ2) is 3.59. The molecule has 62 valence electrons. The molecule has 0 atom stereocenters. The predicted octanol–water partition coefficient (Wildman–Crippen LogP) is 3.58. The highest BCUT2D eigenvalue weighted by Gasteiger charge is 2.04. The summed E-state index contributed by atoms with van der Waals surface area (Å²) in [7, 11) is 0. The normalized spacial score (nSPS) is 9.42. The minimum absolute atomic E-state index is 0.0613. The van der Waals surface area contributed by atoms with E-state index in [1.54, 1.807) is 6.07 Å². The van der Waals surface area contributed by atoms with Gasteiger partial charge < -0.3 is 5.11 Å². The number of hydrogen-bond acceptors (Lipinski definition) is 1. The van der Waals surface area contributed by atoms with Crippen molar-refractivity contribution in [1.82, 2.24) is 0 Å². The van der Waals surface area contributed by atoms with Crippen molar-refractivity contribution in [3.05, 3.63) is 48.6 Å². The standard InChI is InChI=1S/C10H9BrO/c1-7(11)9-5-3-4-6-10(9)8(2)12/h3-6,12H,1-2H2. The van der Waals surface area contributed by atoms with Crippen molar-refractivity contribution >= 4 is 26.2 Å². The molecule has 1 N–H and O–H groups in total. The molecule has 0 aliphatic heterocycles. The molecular weight excluding hydrogens is 216 g/mol. The Kier molecular flexibility index (Phi) is 2.71. The van der Waals surface area contributed by atoms with Crippen molar-refractivity contribution in [2.24, 2.45) is 0 Å². The molecule has 0 amide bonds. The third-order valence-corrected chi connectivity index (χ3v) is 1.96. The summed E-state index contributed by atoms with van der Waals surface area (Å²) in [5, 5.41) is 9.20. The van der Waals surface area contributed by atoms with Crippen LogP contribution in [0.3, 0.4) is 0 Å². The van der Waals surface area contributed by atoms with E-state index in [1.165, 1.54) is 0 Å². The molecule has 1 aromatic carbocycles. The number of benzene rings is 1. The SMILES string of the molecule is C=C(O)c1ccccc1C(=C)Br. The lowest BCUT2D eigenvalue weighted by Gasteiger charge is -2.05. The van der Waals surface area contributed by atoms with Crippen LogP contribution in [0.5, 0.6) is 0 Å². The van der Waals surface area contributed by atoms with E-state index in [0.29, 0.717) is 5.56 Å². The van der Waals surface area contributed by atoms with Crippen molar-refractivity contribution in [1.29, 1.82) is 0 Å². The van der Waals surface area contributed by atoms with Crippen molar-refractivity contribution in [2.75, 3.05) is 0 Å². The first-order valence-electron chi connectivity index (χ1n) is 3.45. The smallest absolute Gasteiger partial charge is 0.116 e. The van der Waals surface area contributed by atoms with E-state index in [0.717, 1.165) is 10.0 Å². The van der Waals surface area contributed by atoms with Crippen LogP contribution in [0.4, 0.5) is 0 Å². The fourth-order valence-electron chi connectivity index (χ4n) is 0.971. The van der Waals surface area contributed by atoms with Crippen LogP contribution >= 0.6 is 15.9 Å². The fourth-order valence-corrected chi connectivity index (χ4v) is 1.32. The fraction of sp³-hybridized carbons (Fsp3) is 0. The third-order valence-electron chi connectivity index (χ3n) is 1.53. The number of rotatable bonds is 2. The van der Waals surface area contributed by atoms with E-state index in [4.69, 9.17) is 0 Å². The van der Waals surface area contributed by atoms with Crippen molar-refractivity contribution in [2.45, 2.75) is 0 Å². The Morgan fingerprint density at radius 3 is 2.00 bits per heavy atom. The molecule has 0 bridgehead atoms. The van der Waals surface area contributed by atoms with E-state index in [1.807, 2.05) is 18.2 Å². The molecule has 1 nitrogen and oxygen atoms in total. The molecule has 2 heteroatoms. The molecular formula is C10H9BrO. The maximum Gasteiger partial charge on any atom is 0.116 e. The second-order valence-corrected chi connectivity index (χ2v) is 3.35. The second-order valence-electron chi connectivity index (χ2n) is 2.40. The summed E-state index contributed by atoms with van der Waals surface area (Å²) in [4.78, 5) is 0. The first kappa shape index (κ1) is 9.07. The highest BCUT2D eigenvalue weighted by atomic mass is 79.9. The first-order valence-corrected chi connectivity index (χ1v) is 4.24. The highest BCUT2D eigenvalue weighted by molar-refractivity contribution is 9.15. The van der Waals surface area contributed by atoms with Gasteiger partial charge in [-0.3, -0.25) is 0 Å². The summed E-state index contributed by atoms with van der Waals surface area (Å²) in [6.45, 7) is 7.19. The predicted molar refractivity (Wildman–Crippen MR) is 56.1 cm³/mol. The number of aliphatic hydroxyl groups is 1. The van der Waals surface area contributed by atoms with Gasteiger partial charge >= 0.3 is 0 Å². The Balaban J connectivity index is 3.27. The van der Waals surface area contributed by atoms with Gasteiger partial charge in [0.1, 0.15) is 5.76 Å². The van der Waals surface area contributed by atoms with E-state index in [9.17, 15) is 5.11 Å². The molecule has 0 saturated heterocycles. The Morgan fingerprint density at radius 1 is 1.17 bits per heavy atom. The van der Waals surface area contributed by atoms with E-state index >= 15 is 0 Å². The number of aliphatic hydroxyl groups excluding tert-OH is 1. The lowest BCUT2D eigenvalue weighted by Crippen LogP contribution is -1.87. The lowest BCUT2D eigenvalue weighted by atomic mass is 10.1. The molecule has 0 aliphatic carbocycles. The molecule has 0 aliphatic rings. The van der Waals surface area contributed by atoms with Gasteiger partial charge in [-0.2, -0.15) is 0 Å². The molecule has 0 heterocycles. The largest absolute Gasteiger partial charge is 0.508 e. The van der Waals surface area contributed by atoms with Crippen molar-refractivity contribution < 1.29 is 5.11 Å². The molecule has 12 heavy (non-hydrogen) atoms. The van der Waals surface area contributed by atoms with Crippen LogP contribution in [0.2, 0.25) is 0 Å². The zero-order valence-electron chi connectivity index (χ0n) is 6.55. The maximum atomic E-state index is 9.20. The minimum atomic E-state index is 0.0613. The van der Waals surface area contributed by atoms with Gasteiger partial charge in [-0.15, -0.1) is 0 Å². The molecule has 1 aromatic rings. The zero-order valence-corrected chi connectivity index (χ0v) is 8.13. The average Bonchev–Trinajstić information content (AvgIpc) is 2.04. The summed E-state index contributed by atoms with van der Waals surface area (Å²) >= 11 is 3.25. The summed E-state index contributed by atoms with van der Waals surface area (Å²) in [6, 6.07) is 7.39. The average molecular weight is 225 g/mol. The Hall–Kier alpha value is -1.02. The third kappa shape index (κ3) is 1.77. The summed E-state index contributed by atoms with van der Waals surface area (Å²) in [5.41, 5.74) is 1.57. The van der Waals surface area contributed by atoms with Gasteiger partial charge in [0.05, 0.1) is 0 Å². The van der Waals surface area contributed by atoms with Crippen LogP contribution in [0, 0.1) is 0 Å². The van der Waals surface area contributed by atoms with Crippen LogP contribution in [-0.4, -0.2) is 5.11 Å². The molecule has 0 unspecified atom stereocenters. The first-order chi connectivity index (χ1) is 5.63. The molecule has 0 spiro atoms. The Bertz CT molecular complexity index is 295. The van der Waals surface area contributed by atoms with Gasteiger partial charge in [0.25, 0.3) is 0 Å². The molecule has 0 saturated carbocycles. The lowest BCUT2D eigenvalue weighted by molar-refractivity contribution is 0.513. The van der Waals surface area contributed by atoms with Crippen LogP contribution in [0.1, 0.15) is 11.1 Å². The van der Waals surface area contributed by atoms with E-state index in [-0.39, 0.29) is 5.76 Å². The maximum absolute atomic E-state index is 9.20. The molecule has 0 aromatic heterocycles. The minimum Gasteiger partial charge on any atom is -0.508 e. The van der Waals surface area contributed by atoms with Gasteiger partial charge in [-0.1, -0.05) is 53.4 Å². The zero-order chi connectivity index (χ0) is 9.14.